The number of anilines is 1. The summed E-state index contributed by atoms with van der Waals surface area (Å²) in [4.78, 5) is 13.2. The highest BCUT2D eigenvalue weighted by Crippen LogP contribution is 2.29. The number of amides is 1. The predicted molar refractivity (Wildman–Crippen MR) is 118 cm³/mol. The monoisotopic (exact) mass is 421 g/mol. The maximum absolute atomic E-state index is 12.4. The maximum Gasteiger partial charge on any atom is 0.262 e. The van der Waals surface area contributed by atoms with E-state index in [9.17, 15) is 4.79 Å². The second-order valence-corrected chi connectivity index (χ2v) is 8.40. The molecule has 0 bridgehead atoms. The first-order valence-corrected chi connectivity index (χ1v) is 10.5. The minimum atomic E-state index is -0.211. The Kier molecular flexibility index (Phi) is 5.50. The Morgan fingerprint density at radius 3 is 2.60 bits per heavy atom. The molecule has 0 saturated heterocycles. The molecule has 0 fully saturated rings. The fourth-order valence-corrected chi connectivity index (χ4v) is 3.89. The van der Waals surface area contributed by atoms with Gasteiger partial charge in [0.15, 0.2) is 12.4 Å². The second kappa shape index (κ2) is 8.23. The van der Waals surface area contributed by atoms with E-state index in [0.717, 1.165) is 32.6 Å². The molecule has 7 nitrogen and oxygen atoms in total. The van der Waals surface area contributed by atoms with Crippen molar-refractivity contribution in [2.45, 2.75) is 33.6 Å². The Morgan fingerprint density at radius 1 is 1.13 bits per heavy atom. The Labute approximate surface area is 178 Å². The van der Waals surface area contributed by atoms with Crippen molar-refractivity contribution in [3.8, 4) is 16.3 Å². The van der Waals surface area contributed by atoms with Crippen LogP contribution in [0.1, 0.15) is 36.7 Å². The first-order valence-electron chi connectivity index (χ1n) is 9.73. The topological polar surface area (TPSA) is 81.4 Å². The largest absolute Gasteiger partial charge is 0.484 e. The Balaban J connectivity index is 1.44. The molecule has 0 atom stereocenters. The van der Waals surface area contributed by atoms with E-state index in [4.69, 9.17) is 4.74 Å². The summed E-state index contributed by atoms with van der Waals surface area (Å²) in [7, 11) is 0. The van der Waals surface area contributed by atoms with E-state index in [0.29, 0.717) is 11.7 Å². The SMILES string of the molecule is Cc1ccc(-c2nn3c(C)nnc3s2)cc1NC(=O)COc1ccc(C(C)C)cc1. The van der Waals surface area contributed by atoms with Gasteiger partial charge in [-0.2, -0.15) is 9.61 Å². The molecule has 0 spiro atoms. The van der Waals surface area contributed by atoms with Crippen LogP contribution in [0, 0.1) is 13.8 Å². The van der Waals surface area contributed by atoms with E-state index in [2.05, 4.69) is 34.5 Å². The lowest BCUT2D eigenvalue weighted by molar-refractivity contribution is -0.118. The van der Waals surface area contributed by atoms with E-state index in [-0.39, 0.29) is 12.5 Å². The second-order valence-electron chi connectivity index (χ2n) is 7.44. The molecule has 0 radical (unpaired) electrons. The number of carbonyl (C=O) groups is 1. The molecule has 0 aliphatic heterocycles. The van der Waals surface area contributed by atoms with E-state index >= 15 is 0 Å². The van der Waals surface area contributed by atoms with Crippen molar-refractivity contribution < 1.29 is 9.53 Å². The van der Waals surface area contributed by atoms with E-state index in [1.165, 1.54) is 16.9 Å². The van der Waals surface area contributed by atoms with Gasteiger partial charge < -0.3 is 10.1 Å². The molecule has 0 unspecified atom stereocenters. The summed E-state index contributed by atoms with van der Waals surface area (Å²) in [6, 6.07) is 13.7. The number of carbonyl (C=O) groups excluding carboxylic acids is 1. The third-order valence-electron chi connectivity index (χ3n) is 4.82. The van der Waals surface area contributed by atoms with Crippen molar-refractivity contribution in [2.75, 3.05) is 11.9 Å². The highest BCUT2D eigenvalue weighted by molar-refractivity contribution is 7.19. The van der Waals surface area contributed by atoms with Gasteiger partial charge in [-0.25, -0.2) is 0 Å². The van der Waals surface area contributed by atoms with Gasteiger partial charge in [0.2, 0.25) is 4.96 Å². The number of fused-ring (bicyclic) bond motifs is 1. The van der Waals surface area contributed by atoms with Gasteiger partial charge >= 0.3 is 0 Å². The molecule has 8 heteroatoms. The van der Waals surface area contributed by atoms with Gasteiger partial charge in [0.05, 0.1) is 0 Å². The summed E-state index contributed by atoms with van der Waals surface area (Å²) in [6.07, 6.45) is 0. The molecule has 0 aliphatic rings. The summed E-state index contributed by atoms with van der Waals surface area (Å²) >= 11 is 1.46. The molecular formula is C22H23N5O2S. The van der Waals surface area contributed by atoms with Crippen molar-refractivity contribution >= 4 is 27.9 Å². The lowest BCUT2D eigenvalue weighted by Crippen LogP contribution is -2.20. The molecule has 30 heavy (non-hydrogen) atoms. The molecule has 2 heterocycles. The Bertz CT molecular complexity index is 1190. The number of benzene rings is 2. The quantitative estimate of drug-likeness (QED) is 0.492. The molecule has 4 rings (SSSR count). The Morgan fingerprint density at radius 2 is 1.90 bits per heavy atom. The number of nitrogens with one attached hydrogen (secondary N) is 1. The molecule has 2 aromatic heterocycles. The maximum atomic E-state index is 12.4. The van der Waals surface area contributed by atoms with Crippen molar-refractivity contribution in [3.63, 3.8) is 0 Å². The average molecular weight is 422 g/mol. The van der Waals surface area contributed by atoms with Crippen molar-refractivity contribution in [3.05, 3.63) is 59.4 Å². The number of aromatic nitrogens is 4. The van der Waals surface area contributed by atoms with Gasteiger partial charge in [-0.3, -0.25) is 4.79 Å². The van der Waals surface area contributed by atoms with Crippen LogP contribution in [-0.4, -0.2) is 32.3 Å². The van der Waals surface area contributed by atoms with Gasteiger partial charge in [-0.05, 0) is 49.1 Å². The Hall–Kier alpha value is -3.26. The van der Waals surface area contributed by atoms with E-state index in [1.807, 2.05) is 56.3 Å². The smallest absolute Gasteiger partial charge is 0.262 e. The van der Waals surface area contributed by atoms with Crippen LogP contribution in [0.25, 0.3) is 15.5 Å². The van der Waals surface area contributed by atoms with Crippen molar-refractivity contribution in [1.29, 1.82) is 0 Å². The average Bonchev–Trinajstić information content (AvgIpc) is 3.30. The zero-order valence-electron chi connectivity index (χ0n) is 17.3. The first-order chi connectivity index (χ1) is 14.4. The summed E-state index contributed by atoms with van der Waals surface area (Å²) in [5.74, 6) is 1.67. The standard InChI is InChI=1S/C22H23N5O2S/c1-13(2)16-7-9-18(10-8-16)29-12-20(28)23-19-11-17(6-5-14(19)3)21-26-27-15(4)24-25-22(27)30-21/h5-11,13H,12H2,1-4H3,(H,23,28). The van der Waals surface area contributed by atoms with Gasteiger partial charge in [-0.1, -0.05) is 49.4 Å². The number of ether oxygens (including phenoxy) is 1. The number of hydrogen-bond acceptors (Lipinski definition) is 6. The van der Waals surface area contributed by atoms with Crippen LogP contribution in [0.2, 0.25) is 0 Å². The highest BCUT2D eigenvalue weighted by Gasteiger charge is 2.13. The molecule has 1 amide bonds. The van der Waals surface area contributed by atoms with Crippen LogP contribution < -0.4 is 10.1 Å². The van der Waals surface area contributed by atoms with Gasteiger partial charge in [0, 0.05) is 11.3 Å². The minimum absolute atomic E-state index is 0.0549. The van der Waals surface area contributed by atoms with Crippen molar-refractivity contribution in [1.82, 2.24) is 19.8 Å². The third-order valence-corrected chi connectivity index (χ3v) is 5.77. The summed E-state index contributed by atoms with van der Waals surface area (Å²) in [5, 5.41) is 16.4. The van der Waals surface area contributed by atoms with Crippen molar-refractivity contribution in [2.24, 2.45) is 0 Å². The highest BCUT2D eigenvalue weighted by atomic mass is 32.1. The fourth-order valence-electron chi connectivity index (χ4n) is 3.01. The summed E-state index contributed by atoms with van der Waals surface area (Å²) in [6.45, 7) is 8.04. The first kappa shape index (κ1) is 20.0. The van der Waals surface area contributed by atoms with Gasteiger partial charge in [0.25, 0.3) is 5.91 Å². The van der Waals surface area contributed by atoms with Crippen LogP contribution in [-0.2, 0) is 4.79 Å². The van der Waals surface area contributed by atoms with Crippen LogP contribution >= 0.6 is 11.3 Å². The summed E-state index contributed by atoms with van der Waals surface area (Å²) < 4.78 is 7.35. The number of hydrogen-bond donors (Lipinski definition) is 1. The molecule has 2 aromatic carbocycles. The summed E-state index contributed by atoms with van der Waals surface area (Å²) in [5.41, 5.74) is 3.85. The van der Waals surface area contributed by atoms with E-state index in [1.54, 1.807) is 4.52 Å². The molecule has 1 N–H and O–H groups in total. The normalized spacial score (nSPS) is 11.2. The fraction of sp³-hybridized carbons (Fsp3) is 0.273. The number of aryl methyl sites for hydroxylation is 2. The van der Waals surface area contributed by atoms with Gasteiger partial charge in [-0.15, -0.1) is 10.2 Å². The van der Waals surface area contributed by atoms with Crippen LogP contribution in [0.15, 0.2) is 42.5 Å². The zero-order chi connectivity index (χ0) is 21.3. The van der Waals surface area contributed by atoms with Gasteiger partial charge in [0.1, 0.15) is 10.8 Å². The molecular weight excluding hydrogens is 398 g/mol. The molecule has 154 valence electrons. The zero-order valence-corrected chi connectivity index (χ0v) is 18.2. The minimum Gasteiger partial charge on any atom is -0.484 e. The molecule has 0 aliphatic carbocycles. The molecule has 0 saturated carbocycles. The number of nitrogens with zero attached hydrogens (tertiary/aromatic N) is 4. The predicted octanol–water partition coefficient (Wildman–Crippen LogP) is 4.61. The lowest BCUT2D eigenvalue weighted by Gasteiger charge is -2.11. The lowest BCUT2D eigenvalue weighted by atomic mass is 10.0. The van der Waals surface area contributed by atoms with E-state index < -0.39 is 0 Å². The van der Waals surface area contributed by atoms with Crippen LogP contribution in [0.4, 0.5) is 5.69 Å². The van der Waals surface area contributed by atoms with Crippen LogP contribution in [0.3, 0.4) is 0 Å². The number of rotatable bonds is 6. The molecule has 4 aromatic rings. The van der Waals surface area contributed by atoms with Crippen LogP contribution in [0.5, 0.6) is 5.75 Å². The third kappa shape index (κ3) is 4.18.